The van der Waals surface area contributed by atoms with Crippen molar-refractivity contribution >= 4 is 34.7 Å². The molecule has 0 aliphatic carbocycles. The number of hydrogen-bond acceptors (Lipinski definition) is 5. The molecule has 2 aromatic heterocycles. The Morgan fingerprint density at radius 2 is 2.43 bits per heavy atom. The normalized spacial score (nSPS) is 10.7. The summed E-state index contributed by atoms with van der Waals surface area (Å²) in [6.45, 7) is 0. The Balaban J connectivity index is 1.98. The number of thioether (sulfide) groups is 1. The van der Waals surface area contributed by atoms with Gasteiger partial charge in [0.1, 0.15) is 0 Å². The van der Waals surface area contributed by atoms with E-state index in [0.717, 1.165) is 15.2 Å². The highest BCUT2D eigenvalue weighted by Gasteiger charge is 2.04. The van der Waals surface area contributed by atoms with Gasteiger partial charge < -0.3 is 0 Å². The van der Waals surface area contributed by atoms with E-state index in [4.69, 9.17) is 11.6 Å². The zero-order valence-corrected chi connectivity index (χ0v) is 9.73. The van der Waals surface area contributed by atoms with Gasteiger partial charge >= 0.3 is 0 Å². The summed E-state index contributed by atoms with van der Waals surface area (Å²) >= 11 is 9.00. The fraction of sp³-hybridized carbons (Fsp3) is 0.286. The van der Waals surface area contributed by atoms with Gasteiger partial charge in [0.2, 0.25) is 5.16 Å². The van der Waals surface area contributed by atoms with Gasteiger partial charge in [0, 0.05) is 17.7 Å². The summed E-state index contributed by atoms with van der Waals surface area (Å²) in [5, 5.41) is 12.0. The largest absolute Gasteiger partial charge is 0.224 e. The van der Waals surface area contributed by atoms with Crippen molar-refractivity contribution in [2.75, 3.05) is 0 Å². The van der Waals surface area contributed by atoms with Gasteiger partial charge in [0.25, 0.3) is 0 Å². The Labute approximate surface area is 94.3 Å². The average molecular weight is 247 g/mol. The van der Waals surface area contributed by atoms with Gasteiger partial charge in [-0.2, -0.15) is 0 Å². The van der Waals surface area contributed by atoms with Crippen LogP contribution in [0.1, 0.15) is 4.88 Å². The topological polar surface area (TPSA) is 43.6 Å². The summed E-state index contributed by atoms with van der Waals surface area (Å²) in [4.78, 5) is 1.23. The quantitative estimate of drug-likeness (QED) is 0.779. The third-order valence-corrected chi connectivity index (χ3v) is 4.03. The minimum Gasteiger partial charge on any atom is -0.224 e. The second-order valence-corrected chi connectivity index (χ2v) is 5.32. The molecule has 0 atom stereocenters. The van der Waals surface area contributed by atoms with Crippen LogP contribution in [0, 0.1) is 0 Å². The maximum absolute atomic E-state index is 5.82. The SMILES string of the molecule is Cn1nnnc1SCc1ccc(Cl)s1. The van der Waals surface area contributed by atoms with Gasteiger partial charge in [-0.3, -0.25) is 0 Å². The van der Waals surface area contributed by atoms with Crippen LogP contribution in [0.2, 0.25) is 4.34 Å². The smallest absolute Gasteiger partial charge is 0.209 e. The molecule has 0 aliphatic rings. The number of thiophene rings is 1. The number of rotatable bonds is 3. The molecule has 2 rings (SSSR count). The van der Waals surface area contributed by atoms with E-state index in [1.165, 1.54) is 4.88 Å². The van der Waals surface area contributed by atoms with E-state index in [9.17, 15) is 0 Å². The molecule has 0 aromatic carbocycles. The Kier molecular flexibility index (Phi) is 3.05. The molecule has 74 valence electrons. The van der Waals surface area contributed by atoms with Crippen LogP contribution in [-0.4, -0.2) is 20.2 Å². The summed E-state index contributed by atoms with van der Waals surface area (Å²) in [5.74, 6) is 0.853. The first-order valence-electron chi connectivity index (χ1n) is 3.85. The summed E-state index contributed by atoms with van der Waals surface area (Å²) in [6, 6.07) is 3.92. The number of nitrogens with zero attached hydrogens (tertiary/aromatic N) is 4. The number of tetrazole rings is 1. The molecule has 14 heavy (non-hydrogen) atoms. The van der Waals surface area contributed by atoms with Crippen molar-refractivity contribution in [1.82, 2.24) is 20.2 Å². The van der Waals surface area contributed by atoms with Crippen molar-refractivity contribution in [2.24, 2.45) is 7.05 Å². The molecule has 0 fully saturated rings. The van der Waals surface area contributed by atoms with Crippen LogP contribution in [0.5, 0.6) is 0 Å². The Bertz CT molecular complexity index is 425. The van der Waals surface area contributed by atoms with E-state index in [0.29, 0.717) is 0 Å². The average Bonchev–Trinajstić information content (AvgIpc) is 2.72. The van der Waals surface area contributed by atoms with Crippen LogP contribution in [-0.2, 0) is 12.8 Å². The molecule has 0 saturated carbocycles. The first-order chi connectivity index (χ1) is 6.75. The first kappa shape index (κ1) is 9.95. The highest BCUT2D eigenvalue weighted by atomic mass is 35.5. The van der Waals surface area contributed by atoms with Gasteiger partial charge in [0.05, 0.1) is 4.34 Å². The van der Waals surface area contributed by atoms with Crippen molar-refractivity contribution in [1.29, 1.82) is 0 Å². The summed E-state index contributed by atoms with van der Waals surface area (Å²) in [5.41, 5.74) is 0. The minimum atomic E-state index is 0.814. The van der Waals surface area contributed by atoms with Crippen molar-refractivity contribution in [3.63, 3.8) is 0 Å². The van der Waals surface area contributed by atoms with Crippen LogP contribution < -0.4 is 0 Å². The van der Waals surface area contributed by atoms with Crippen LogP contribution >= 0.6 is 34.7 Å². The van der Waals surface area contributed by atoms with E-state index in [1.807, 2.05) is 19.2 Å². The lowest BCUT2D eigenvalue weighted by Crippen LogP contribution is -1.92. The maximum atomic E-state index is 5.82. The molecule has 2 heterocycles. The van der Waals surface area contributed by atoms with Gasteiger partial charge in [-0.25, -0.2) is 4.68 Å². The fourth-order valence-electron chi connectivity index (χ4n) is 0.909. The minimum absolute atomic E-state index is 0.814. The molecular weight excluding hydrogens is 240 g/mol. The highest BCUT2D eigenvalue weighted by molar-refractivity contribution is 7.98. The number of halogens is 1. The molecule has 0 bridgehead atoms. The van der Waals surface area contributed by atoms with E-state index in [-0.39, 0.29) is 0 Å². The summed E-state index contributed by atoms with van der Waals surface area (Å²) in [6.07, 6.45) is 0. The molecule has 0 N–H and O–H groups in total. The van der Waals surface area contributed by atoms with Crippen LogP contribution in [0.15, 0.2) is 17.3 Å². The fourth-order valence-corrected chi connectivity index (χ4v) is 2.89. The molecular formula is C7H7ClN4S2. The number of aryl methyl sites for hydroxylation is 1. The Morgan fingerprint density at radius 3 is 3.00 bits per heavy atom. The Hall–Kier alpha value is -0.590. The predicted octanol–water partition coefficient (Wildman–Crippen LogP) is 2.22. The van der Waals surface area contributed by atoms with Crippen LogP contribution in [0.3, 0.4) is 0 Å². The van der Waals surface area contributed by atoms with Crippen molar-refractivity contribution in [2.45, 2.75) is 10.9 Å². The van der Waals surface area contributed by atoms with Crippen molar-refractivity contribution in [3.05, 3.63) is 21.3 Å². The maximum Gasteiger partial charge on any atom is 0.209 e. The standard InChI is InChI=1S/C7H7ClN4S2/c1-12-7(9-10-11-12)13-4-5-2-3-6(8)14-5/h2-3H,4H2,1H3. The van der Waals surface area contributed by atoms with E-state index < -0.39 is 0 Å². The molecule has 4 nitrogen and oxygen atoms in total. The second-order valence-electron chi connectivity index (χ2n) is 2.58. The zero-order valence-electron chi connectivity index (χ0n) is 7.35. The molecule has 7 heteroatoms. The lowest BCUT2D eigenvalue weighted by Gasteiger charge is -1.95. The molecule has 0 unspecified atom stereocenters. The molecule has 0 amide bonds. The van der Waals surface area contributed by atoms with Crippen molar-refractivity contribution in [3.8, 4) is 0 Å². The van der Waals surface area contributed by atoms with Crippen LogP contribution in [0.25, 0.3) is 0 Å². The molecule has 2 aromatic rings. The third-order valence-electron chi connectivity index (χ3n) is 1.55. The third kappa shape index (κ3) is 2.26. The van der Waals surface area contributed by atoms with Gasteiger partial charge in [-0.05, 0) is 22.6 Å². The van der Waals surface area contributed by atoms with Crippen molar-refractivity contribution < 1.29 is 0 Å². The second kappa shape index (κ2) is 4.29. The van der Waals surface area contributed by atoms with Gasteiger partial charge in [-0.15, -0.1) is 16.4 Å². The van der Waals surface area contributed by atoms with E-state index in [2.05, 4.69) is 15.5 Å². The van der Waals surface area contributed by atoms with Gasteiger partial charge in [0.15, 0.2) is 0 Å². The molecule has 0 spiro atoms. The molecule has 0 aliphatic heterocycles. The first-order valence-corrected chi connectivity index (χ1v) is 6.03. The zero-order chi connectivity index (χ0) is 9.97. The number of aromatic nitrogens is 4. The van der Waals surface area contributed by atoms with E-state index >= 15 is 0 Å². The molecule has 0 saturated heterocycles. The lowest BCUT2D eigenvalue weighted by atomic mass is 10.5. The van der Waals surface area contributed by atoms with Crippen LogP contribution in [0.4, 0.5) is 0 Å². The monoisotopic (exact) mass is 246 g/mol. The highest BCUT2D eigenvalue weighted by Crippen LogP contribution is 2.27. The predicted molar refractivity (Wildman–Crippen MR) is 57.7 cm³/mol. The summed E-state index contributed by atoms with van der Waals surface area (Å²) in [7, 11) is 1.82. The number of hydrogen-bond donors (Lipinski definition) is 0. The Morgan fingerprint density at radius 1 is 1.57 bits per heavy atom. The summed E-state index contributed by atoms with van der Waals surface area (Å²) < 4.78 is 2.47. The van der Waals surface area contributed by atoms with Gasteiger partial charge in [-0.1, -0.05) is 23.4 Å². The van der Waals surface area contributed by atoms with E-state index in [1.54, 1.807) is 27.8 Å². The lowest BCUT2D eigenvalue weighted by molar-refractivity contribution is 0.664. The molecule has 0 radical (unpaired) electrons.